The van der Waals surface area contributed by atoms with Crippen molar-refractivity contribution in [1.29, 1.82) is 0 Å². The number of aromatic nitrogens is 3. The van der Waals surface area contributed by atoms with Crippen molar-refractivity contribution in [2.45, 2.75) is 31.9 Å². The van der Waals surface area contributed by atoms with Crippen LogP contribution in [0.3, 0.4) is 0 Å². The molecule has 28 heavy (non-hydrogen) atoms. The summed E-state index contributed by atoms with van der Waals surface area (Å²) in [5.41, 5.74) is 1.90. The maximum atomic E-state index is 12.5. The van der Waals surface area contributed by atoms with Crippen LogP contribution in [0.2, 0.25) is 0 Å². The summed E-state index contributed by atoms with van der Waals surface area (Å²) in [7, 11) is 0. The molecule has 2 aliphatic rings. The van der Waals surface area contributed by atoms with Crippen LogP contribution in [0.25, 0.3) is 11.5 Å². The van der Waals surface area contributed by atoms with Gasteiger partial charge in [-0.3, -0.25) is 14.7 Å². The quantitative estimate of drug-likeness (QED) is 0.734. The van der Waals surface area contributed by atoms with E-state index in [1.54, 1.807) is 35.4 Å². The average Bonchev–Trinajstić information content (AvgIpc) is 3.10. The van der Waals surface area contributed by atoms with Crippen LogP contribution in [-0.2, 0) is 0 Å². The number of nitrogens with one attached hydrogen (secondary N) is 1. The Morgan fingerprint density at radius 1 is 1.29 bits per heavy atom. The van der Waals surface area contributed by atoms with Gasteiger partial charge in [0.15, 0.2) is 11.5 Å². The Morgan fingerprint density at radius 3 is 2.79 bits per heavy atom. The maximum absolute atomic E-state index is 12.5. The monoisotopic (exact) mass is 380 g/mol. The third-order valence-electron chi connectivity index (χ3n) is 5.17. The van der Waals surface area contributed by atoms with E-state index in [4.69, 9.17) is 9.15 Å². The number of aryl methyl sites for hydroxylation is 1. The lowest BCUT2D eigenvalue weighted by atomic mass is 10.1. The molecule has 8 heteroatoms. The second-order valence-electron chi connectivity index (χ2n) is 7.37. The Balaban J connectivity index is 1.21. The van der Waals surface area contributed by atoms with E-state index in [0.29, 0.717) is 42.0 Å². The highest BCUT2D eigenvalue weighted by atomic mass is 16.5. The highest BCUT2D eigenvalue weighted by Gasteiger charge is 2.34. The lowest BCUT2D eigenvalue weighted by Gasteiger charge is -2.38. The molecule has 1 saturated heterocycles. The number of hydrogen-bond donors (Lipinski definition) is 1. The number of rotatable bonds is 5. The third-order valence-corrected chi connectivity index (χ3v) is 5.17. The fraction of sp³-hybridized carbons (Fsp3) is 0.350. The summed E-state index contributed by atoms with van der Waals surface area (Å²) in [6, 6.07) is 9.04. The normalized spacial score (nSPS) is 16.8. The smallest absolute Gasteiger partial charge is 0.274 e. The molecule has 1 N–H and O–H groups in total. The van der Waals surface area contributed by atoms with Gasteiger partial charge in [-0.05, 0) is 38.0 Å². The Labute approximate surface area is 160 Å². The van der Waals surface area contributed by atoms with Gasteiger partial charge >= 0.3 is 0 Å². The molecule has 5 rings (SSSR count). The van der Waals surface area contributed by atoms with Crippen molar-refractivity contribution in [2.24, 2.45) is 0 Å². The van der Waals surface area contributed by atoms with Gasteiger partial charge < -0.3 is 18.6 Å². The van der Waals surface area contributed by atoms with Crippen LogP contribution >= 0.6 is 0 Å². The molecule has 4 heterocycles. The number of likely N-dealkylation sites (tertiary alicyclic amines) is 1. The van der Waals surface area contributed by atoms with E-state index < -0.39 is 0 Å². The van der Waals surface area contributed by atoms with Gasteiger partial charge in [-0.15, -0.1) is 0 Å². The van der Waals surface area contributed by atoms with Crippen molar-refractivity contribution in [1.82, 2.24) is 19.7 Å². The Kier molecular flexibility index (Phi) is 3.85. The summed E-state index contributed by atoms with van der Waals surface area (Å²) in [6.45, 7) is 2.86. The summed E-state index contributed by atoms with van der Waals surface area (Å²) in [6.07, 6.45) is 3.58. The first kappa shape index (κ1) is 16.9. The van der Waals surface area contributed by atoms with Crippen LogP contribution in [0.15, 0.2) is 45.8 Å². The molecule has 3 aromatic rings. The number of carbonyl (C=O) groups excluding carboxylic acids is 1. The molecule has 0 bridgehead atoms. The minimum atomic E-state index is -0.158. The maximum Gasteiger partial charge on any atom is 0.274 e. The van der Waals surface area contributed by atoms with Crippen LogP contribution in [0.5, 0.6) is 5.75 Å². The van der Waals surface area contributed by atoms with Gasteiger partial charge in [0.05, 0.1) is 19.4 Å². The molecular formula is C20H20N4O4. The van der Waals surface area contributed by atoms with Crippen LogP contribution in [0.1, 0.15) is 35.1 Å². The summed E-state index contributed by atoms with van der Waals surface area (Å²) < 4.78 is 13.0. The van der Waals surface area contributed by atoms with Gasteiger partial charge in [0.1, 0.15) is 17.5 Å². The second-order valence-corrected chi connectivity index (χ2v) is 7.37. The average molecular weight is 380 g/mol. The standard InChI is InChI=1S/C20H20N4O4/c1-12-7-14(8-19(25)24(12)13-4-5-13)28-15-10-23(11-15)20(26)17-9-16(21-22-17)18-3-2-6-27-18/h2-3,6-9,13,15H,4-5,10-11H2,1H3,(H,21,22). The number of aromatic amines is 1. The fourth-order valence-corrected chi connectivity index (χ4v) is 3.57. The van der Waals surface area contributed by atoms with Gasteiger partial charge in [-0.2, -0.15) is 5.10 Å². The number of hydrogen-bond acceptors (Lipinski definition) is 5. The number of amides is 1. The van der Waals surface area contributed by atoms with Crippen LogP contribution in [0.4, 0.5) is 0 Å². The van der Waals surface area contributed by atoms with E-state index in [0.717, 1.165) is 18.5 Å². The molecule has 1 aliphatic carbocycles. The van der Waals surface area contributed by atoms with Crippen molar-refractivity contribution in [3.8, 4) is 17.2 Å². The SMILES string of the molecule is Cc1cc(OC2CN(C(=O)c3cc(-c4ccco4)[nH]n3)C2)cc(=O)n1C1CC1. The molecular weight excluding hydrogens is 360 g/mol. The van der Waals surface area contributed by atoms with Crippen molar-refractivity contribution in [3.63, 3.8) is 0 Å². The van der Waals surface area contributed by atoms with Crippen molar-refractivity contribution >= 4 is 5.91 Å². The summed E-state index contributed by atoms with van der Waals surface area (Å²) in [5.74, 6) is 1.04. The highest BCUT2D eigenvalue weighted by Crippen LogP contribution is 2.35. The van der Waals surface area contributed by atoms with Crippen LogP contribution < -0.4 is 10.3 Å². The second kappa shape index (κ2) is 6.40. The van der Waals surface area contributed by atoms with Crippen molar-refractivity contribution < 1.29 is 13.9 Å². The molecule has 0 spiro atoms. The first-order valence-electron chi connectivity index (χ1n) is 9.37. The van der Waals surface area contributed by atoms with Crippen molar-refractivity contribution in [2.75, 3.05) is 13.1 Å². The Bertz CT molecular complexity index is 1070. The van der Waals surface area contributed by atoms with E-state index in [2.05, 4.69) is 10.2 Å². The molecule has 3 aromatic heterocycles. The zero-order chi connectivity index (χ0) is 19.3. The zero-order valence-corrected chi connectivity index (χ0v) is 15.4. The third kappa shape index (κ3) is 3.00. The zero-order valence-electron chi connectivity index (χ0n) is 15.4. The summed E-state index contributed by atoms with van der Waals surface area (Å²) >= 11 is 0. The molecule has 2 fully saturated rings. The molecule has 0 atom stereocenters. The number of carbonyl (C=O) groups is 1. The predicted molar refractivity (Wildman–Crippen MR) is 100 cm³/mol. The molecule has 0 unspecified atom stereocenters. The van der Waals surface area contributed by atoms with Crippen LogP contribution in [0, 0.1) is 6.92 Å². The van der Waals surface area contributed by atoms with E-state index in [9.17, 15) is 9.59 Å². The highest BCUT2D eigenvalue weighted by molar-refractivity contribution is 5.93. The Hall–Kier alpha value is -3.29. The topological polar surface area (TPSA) is 93.4 Å². The number of H-pyrrole nitrogens is 1. The van der Waals surface area contributed by atoms with E-state index in [1.165, 1.54) is 0 Å². The number of pyridine rings is 1. The number of ether oxygens (including phenoxy) is 1. The van der Waals surface area contributed by atoms with Gasteiger partial charge in [-0.1, -0.05) is 0 Å². The molecule has 1 saturated carbocycles. The van der Waals surface area contributed by atoms with E-state index in [-0.39, 0.29) is 17.6 Å². The van der Waals surface area contributed by atoms with Gasteiger partial charge in [0.2, 0.25) is 0 Å². The molecule has 144 valence electrons. The molecule has 1 amide bonds. The largest absolute Gasteiger partial charge is 0.486 e. The van der Waals surface area contributed by atoms with Crippen molar-refractivity contribution in [3.05, 3.63) is 58.3 Å². The van der Waals surface area contributed by atoms with Crippen LogP contribution in [-0.4, -0.2) is 44.8 Å². The first-order chi connectivity index (χ1) is 13.6. The predicted octanol–water partition coefficient (Wildman–Crippen LogP) is 2.38. The Morgan fingerprint density at radius 2 is 2.11 bits per heavy atom. The lowest BCUT2D eigenvalue weighted by Crippen LogP contribution is -2.56. The van der Waals surface area contributed by atoms with Gasteiger partial charge in [0.25, 0.3) is 11.5 Å². The molecule has 1 aliphatic heterocycles. The number of nitrogens with zero attached hydrogens (tertiary/aromatic N) is 3. The minimum absolute atomic E-state index is 0.0215. The fourth-order valence-electron chi connectivity index (χ4n) is 3.57. The van der Waals surface area contributed by atoms with E-state index in [1.807, 2.05) is 17.6 Å². The van der Waals surface area contributed by atoms with Gasteiger partial charge in [0, 0.05) is 23.9 Å². The lowest BCUT2D eigenvalue weighted by molar-refractivity contribution is 0.0172. The van der Waals surface area contributed by atoms with Gasteiger partial charge in [-0.25, -0.2) is 0 Å². The molecule has 0 radical (unpaired) electrons. The first-order valence-corrected chi connectivity index (χ1v) is 9.37. The molecule has 8 nitrogen and oxygen atoms in total. The summed E-state index contributed by atoms with van der Waals surface area (Å²) in [5, 5.41) is 6.89. The van der Waals surface area contributed by atoms with E-state index >= 15 is 0 Å². The minimum Gasteiger partial charge on any atom is -0.486 e. The molecule has 0 aromatic carbocycles. The summed E-state index contributed by atoms with van der Waals surface area (Å²) in [4.78, 5) is 26.5. The number of furan rings is 1.